The van der Waals surface area contributed by atoms with Crippen LogP contribution in [-0.4, -0.2) is 40.1 Å². The Labute approximate surface area is 184 Å². The number of halogens is 2. The molecule has 1 aromatic carbocycles. The molecule has 1 amide bonds. The SMILES string of the molecule is COc1cnc(-c2cc(Cl)ccc2F)nc1Nc1ccncc1C(=O)NCC(C)(C)N. The summed E-state index contributed by atoms with van der Waals surface area (Å²) in [6.45, 7) is 3.88. The highest BCUT2D eigenvalue weighted by Crippen LogP contribution is 2.30. The summed E-state index contributed by atoms with van der Waals surface area (Å²) in [5.41, 5.74) is 6.21. The Hall–Kier alpha value is -3.30. The van der Waals surface area contributed by atoms with Crippen LogP contribution >= 0.6 is 11.6 Å². The minimum absolute atomic E-state index is 0.105. The molecule has 4 N–H and O–H groups in total. The van der Waals surface area contributed by atoms with Crippen molar-refractivity contribution in [2.75, 3.05) is 19.0 Å². The van der Waals surface area contributed by atoms with E-state index in [1.54, 1.807) is 19.9 Å². The van der Waals surface area contributed by atoms with Crippen molar-refractivity contribution in [3.05, 3.63) is 59.3 Å². The number of hydrogen-bond donors (Lipinski definition) is 3. The molecule has 10 heteroatoms. The molecular weight excluding hydrogens is 423 g/mol. The zero-order valence-electron chi connectivity index (χ0n) is 17.2. The standard InChI is InChI=1S/C21H22ClFN6O2/c1-21(2,24)11-27-20(30)14-9-25-7-6-16(14)28-19-17(31-3)10-26-18(29-19)13-8-12(22)4-5-15(13)23/h4-10H,11,24H2,1-3H3,(H,27,30)(H,25,26,28,29). The molecule has 31 heavy (non-hydrogen) atoms. The molecule has 2 heterocycles. The van der Waals surface area contributed by atoms with E-state index in [0.717, 1.165) is 0 Å². The molecule has 0 fully saturated rings. The van der Waals surface area contributed by atoms with Gasteiger partial charge in [-0.15, -0.1) is 0 Å². The van der Waals surface area contributed by atoms with E-state index in [2.05, 4.69) is 25.6 Å². The molecule has 0 bridgehead atoms. The summed E-state index contributed by atoms with van der Waals surface area (Å²) in [4.78, 5) is 25.2. The molecule has 8 nitrogen and oxygen atoms in total. The molecular formula is C21H22ClFN6O2. The molecule has 0 unspecified atom stereocenters. The van der Waals surface area contributed by atoms with Crippen LogP contribution < -0.4 is 21.1 Å². The third-order valence-electron chi connectivity index (χ3n) is 4.17. The number of amides is 1. The summed E-state index contributed by atoms with van der Waals surface area (Å²) in [6.07, 6.45) is 4.35. The van der Waals surface area contributed by atoms with Gasteiger partial charge in [0.2, 0.25) is 0 Å². The van der Waals surface area contributed by atoms with Crippen LogP contribution in [0.25, 0.3) is 11.4 Å². The van der Waals surface area contributed by atoms with Gasteiger partial charge in [0.25, 0.3) is 5.91 Å². The Morgan fingerprint density at radius 1 is 1.29 bits per heavy atom. The number of hydrogen-bond acceptors (Lipinski definition) is 7. The molecule has 0 saturated heterocycles. The van der Waals surface area contributed by atoms with Crippen molar-refractivity contribution >= 4 is 29.0 Å². The lowest BCUT2D eigenvalue weighted by Gasteiger charge is -2.19. The zero-order chi connectivity index (χ0) is 22.6. The molecule has 0 spiro atoms. The number of rotatable bonds is 7. The van der Waals surface area contributed by atoms with E-state index >= 15 is 0 Å². The lowest BCUT2D eigenvalue weighted by Crippen LogP contribution is -2.45. The predicted molar refractivity (Wildman–Crippen MR) is 117 cm³/mol. The van der Waals surface area contributed by atoms with E-state index in [0.29, 0.717) is 16.5 Å². The molecule has 2 aromatic heterocycles. The van der Waals surface area contributed by atoms with Crippen molar-refractivity contribution in [2.45, 2.75) is 19.4 Å². The van der Waals surface area contributed by atoms with E-state index in [-0.39, 0.29) is 35.2 Å². The maximum absolute atomic E-state index is 14.3. The second-order valence-corrected chi connectivity index (χ2v) is 7.89. The van der Waals surface area contributed by atoms with Gasteiger partial charge in [0, 0.05) is 29.5 Å². The van der Waals surface area contributed by atoms with Gasteiger partial charge in [0.15, 0.2) is 17.4 Å². The van der Waals surface area contributed by atoms with Crippen LogP contribution in [0.5, 0.6) is 5.75 Å². The fourth-order valence-electron chi connectivity index (χ4n) is 2.62. The van der Waals surface area contributed by atoms with Crippen LogP contribution in [-0.2, 0) is 0 Å². The van der Waals surface area contributed by atoms with Crippen LogP contribution in [0.1, 0.15) is 24.2 Å². The normalized spacial score (nSPS) is 11.2. The summed E-state index contributed by atoms with van der Waals surface area (Å²) in [6, 6.07) is 5.72. The van der Waals surface area contributed by atoms with Crippen molar-refractivity contribution in [3.63, 3.8) is 0 Å². The molecule has 162 valence electrons. The van der Waals surface area contributed by atoms with Crippen molar-refractivity contribution in [3.8, 4) is 17.1 Å². The average Bonchev–Trinajstić information content (AvgIpc) is 2.73. The number of pyridine rings is 1. The van der Waals surface area contributed by atoms with Crippen molar-refractivity contribution in [1.82, 2.24) is 20.3 Å². The van der Waals surface area contributed by atoms with E-state index in [9.17, 15) is 9.18 Å². The summed E-state index contributed by atoms with van der Waals surface area (Å²) in [5.74, 6) is -0.228. The Morgan fingerprint density at radius 2 is 2.06 bits per heavy atom. The van der Waals surface area contributed by atoms with Gasteiger partial charge in [-0.2, -0.15) is 0 Å². The van der Waals surface area contributed by atoms with E-state index in [4.69, 9.17) is 22.1 Å². The summed E-state index contributed by atoms with van der Waals surface area (Å²) < 4.78 is 19.6. The molecule has 0 aliphatic heterocycles. The smallest absolute Gasteiger partial charge is 0.255 e. The second kappa shape index (κ2) is 9.23. The minimum Gasteiger partial charge on any atom is -0.491 e. The highest BCUT2D eigenvalue weighted by Gasteiger charge is 2.18. The highest BCUT2D eigenvalue weighted by atomic mass is 35.5. The topological polar surface area (TPSA) is 115 Å². The number of benzene rings is 1. The first-order valence-corrected chi connectivity index (χ1v) is 9.70. The predicted octanol–water partition coefficient (Wildman–Crippen LogP) is 3.55. The van der Waals surface area contributed by atoms with Gasteiger partial charge in [-0.1, -0.05) is 11.6 Å². The van der Waals surface area contributed by atoms with Gasteiger partial charge in [-0.25, -0.2) is 14.4 Å². The summed E-state index contributed by atoms with van der Waals surface area (Å²) in [7, 11) is 1.45. The quantitative estimate of drug-likeness (QED) is 0.510. The van der Waals surface area contributed by atoms with Gasteiger partial charge in [0.05, 0.1) is 30.1 Å². The van der Waals surface area contributed by atoms with Crippen LogP contribution in [0.4, 0.5) is 15.9 Å². The Balaban J connectivity index is 1.96. The van der Waals surface area contributed by atoms with Crippen LogP contribution in [0, 0.1) is 5.82 Å². The van der Waals surface area contributed by atoms with Gasteiger partial charge in [-0.05, 0) is 38.1 Å². The molecule has 0 radical (unpaired) electrons. The van der Waals surface area contributed by atoms with Gasteiger partial charge < -0.3 is 21.1 Å². The molecule has 0 atom stereocenters. The first kappa shape index (κ1) is 22.4. The summed E-state index contributed by atoms with van der Waals surface area (Å²) in [5, 5.41) is 6.17. The van der Waals surface area contributed by atoms with Gasteiger partial charge >= 0.3 is 0 Å². The van der Waals surface area contributed by atoms with Crippen molar-refractivity contribution in [2.24, 2.45) is 5.73 Å². The third kappa shape index (κ3) is 5.65. The number of aromatic nitrogens is 3. The largest absolute Gasteiger partial charge is 0.491 e. The van der Waals surface area contributed by atoms with E-state index in [1.165, 1.54) is 43.9 Å². The fraction of sp³-hybridized carbons (Fsp3) is 0.238. The number of ether oxygens (including phenoxy) is 1. The first-order chi connectivity index (χ1) is 14.7. The van der Waals surface area contributed by atoms with Crippen molar-refractivity contribution in [1.29, 1.82) is 0 Å². The van der Waals surface area contributed by atoms with Crippen LogP contribution in [0.15, 0.2) is 42.9 Å². The zero-order valence-corrected chi connectivity index (χ0v) is 18.0. The Bertz CT molecular complexity index is 1100. The first-order valence-electron chi connectivity index (χ1n) is 9.32. The molecule has 0 aliphatic rings. The molecule has 3 rings (SSSR count). The van der Waals surface area contributed by atoms with Crippen LogP contribution in [0.3, 0.4) is 0 Å². The maximum atomic E-state index is 14.3. The minimum atomic E-state index is -0.572. The summed E-state index contributed by atoms with van der Waals surface area (Å²) >= 11 is 5.99. The van der Waals surface area contributed by atoms with Crippen molar-refractivity contribution < 1.29 is 13.9 Å². The van der Waals surface area contributed by atoms with Gasteiger partial charge in [0.1, 0.15) is 5.82 Å². The Kier molecular flexibility index (Phi) is 6.67. The fourth-order valence-corrected chi connectivity index (χ4v) is 2.80. The van der Waals surface area contributed by atoms with E-state index < -0.39 is 11.4 Å². The molecule has 0 aliphatic carbocycles. The second-order valence-electron chi connectivity index (χ2n) is 7.45. The number of methoxy groups -OCH3 is 1. The number of nitrogens with zero attached hydrogens (tertiary/aromatic N) is 3. The number of anilines is 2. The average molecular weight is 445 g/mol. The maximum Gasteiger partial charge on any atom is 0.255 e. The highest BCUT2D eigenvalue weighted by molar-refractivity contribution is 6.30. The lowest BCUT2D eigenvalue weighted by atomic mass is 10.1. The monoisotopic (exact) mass is 444 g/mol. The molecule has 3 aromatic rings. The number of carbonyl (C=O) groups excluding carboxylic acids is 1. The third-order valence-corrected chi connectivity index (χ3v) is 4.40. The number of nitrogens with one attached hydrogen (secondary N) is 2. The number of carbonyl (C=O) groups is 1. The van der Waals surface area contributed by atoms with E-state index in [1.807, 2.05) is 0 Å². The number of nitrogens with two attached hydrogens (primary N) is 1. The lowest BCUT2D eigenvalue weighted by molar-refractivity contribution is 0.0946. The Morgan fingerprint density at radius 3 is 2.77 bits per heavy atom. The van der Waals surface area contributed by atoms with Gasteiger partial charge in [-0.3, -0.25) is 9.78 Å². The van der Waals surface area contributed by atoms with Crippen LogP contribution in [0.2, 0.25) is 5.02 Å². The molecule has 0 saturated carbocycles.